The van der Waals surface area contributed by atoms with Crippen molar-refractivity contribution >= 4 is 11.9 Å². The van der Waals surface area contributed by atoms with Crippen molar-refractivity contribution in [3.05, 3.63) is 58.9 Å². The number of alkyl halides is 3. The average Bonchev–Trinajstić information content (AvgIpc) is 3.18. The summed E-state index contributed by atoms with van der Waals surface area (Å²) in [4.78, 5) is 8.30. The van der Waals surface area contributed by atoms with Crippen LogP contribution in [0.25, 0.3) is 16.9 Å². The average molecular weight is 326 g/mol. The van der Waals surface area contributed by atoms with E-state index >= 15 is 0 Å². The molecule has 0 saturated heterocycles. The van der Waals surface area contributed by atoms with Crippen LogP contribution in [0.4, 0.5) is 13.2 Å². The maximum absolute atomic E-state index is 13.2. The molecule has 0 aliphatic carbocycles. The minimum atomic E-state index is -4.44. The van der Waals surface area contributed by atoms with Gasteiger partial charge in [-0.2, -0.15) is 18.4 Å². The number of benzene rings is 1. The summed E-state index contributed by atoms with van der Waals surface area (Å²) in [6, 6.07) is 7.54. The second-order valence-corrected chi connectivity index (χ2v) is 5.47. The first kappa shape index (κ1) is 14.5. The quantitative estimate of drug-likeness (QED) is 0.682. The number of halogens is 3. The fourth-order valence-corrected chi connectivity index (χ4v) is 2.85. The number of nitriles is 1. The van der Waals surface area contributed by atoms with Crippen LogP contribution in [0.15, 0.2) is 41.7 Å². The van der Waals surface area contributed by atoms with E-state index in [-0.39, 0.29) is 6.54 Å². The summed E-state index contributed by atoms with van der Waals surface area (Å²) >= 11 is 0. The van der Waals surface area contributed by atoms with Gasteiger partial charge in [-0.05, 0) is 29.8 Å². The lowest BCUT2D eigenvalue weighted by Gasteiger charge is -2.13. The molecule has 24 heavy (non-hydrogen) atoms. The zero-order valence-corrected chi connectivity index (χ0v) is 12.2. The Balaban J connectivity index is 2.02. The predicted octanol–water partition coefficient (Wildman–Crippen LogP) is 3.82. The highest BCUT2D eigenvalue weighted by Gasteiger charge is 2.33. The Morgan fingerprint density at radius 3 is 2.79 bits per heavy atom. The van der Waals surface area contributed by atoms with Crippen LogP contribution >= 0.6 is 0 Å². The number of nitrogens with zero attached hydrogens (tertiary/aromatic N) is 4. The fourth-order valence-electron chi connectivity index (χ4n) is 2.85. The van der Waals surface area contributed by atoms with Crippen LogP contribution < -0.4 is 0 Å². The largest absolute Gasteiger partial charge is 0.416 e. The van der Waals surface area contributed by atoms with Crippen LogP contribution in [-0.4, -0.2) is 15.6 Å². The van der Waals surface area contributed by atoms with E-state index in [0.717, 1.165) is 12.1 Å². The number of hydrogen-bond donors (Lipinski definition) is 0. The van der Waals surface area contributed by atoms with E-state index in [2.05, 4.69) is 9.98 Å². The molecule has 2 aromatic heterocycles. The Morgan fingerprint density at radius 2 is 2.04 bits per heavy atom. The highest BCUT2D eigenvalue weighted by molar-refractivity contribution is 5.94. The molecule has 0 amide bonds. The summed E-state index contributed by atoms with van der Waals surface area (Å²) in [7, 11) is 0. The number of hydrogen-bond acceptors (Lipinski definition) is 3. The zero-order valence-electron chi connectivity index (χ0n) is 12.2. The first-order chi connectivity index (χ1) is 11.5. The zero-order chi connectivity index (χ0) is 16.9. The van der Waals surface area contributed by atoms with E-state index in [9.17, 15) is 13.2 Å². The first-order valence-electron chi connectivity index (χ1n) is 7.09. The maximum atomic E-state index is 13.2. The molecular weight excluding hydrogens is 317 g/mol. The summed E-state index contributed by atoms with van der Waals surface area (Å²) in [5.74, 6) is 0. The fraction of sp³-hybridized carbons (Fsp3) is 0.118. The number of imidazole rings is 1. The topological polar surface area (TPSA) is 53.5 Å². The van der Waals surface area contributed by atoms with Crippen LogP contribution in [0.1, 0.15) is 22.3 Å². The van der Waals surface area contributed by atoms with Crippen molar-refractivity contribution in [2.24, 2.45) is 4.99 Å². The van der Waals surface area contributed by atoms with Gasteiger partial charge in [0.05, 0.1) is 29.6 Å². The molecule has 3 heterocycles. The Morgan fingerprint density at radius 1 is 1.21 bits per heavy atom. The highest BCUT2D eigenvalue weighted by atomic mass is 19.4. The van der Waals surface area contributed by atoms with Gasteiger partial charge in [0, 0.05) is 23.5 Å². The Labute approximate surface area is 134 Å². The lowest BCUT2D eigenvalue weighted by Crippen LogP contribution is -2.07. The lowest BCUT2D eigenvalue weighted by molar-refractivity contribution is -0.137. The van der Waals surface area contributed by atoms with Gasteiger partial charge in [-0.3, -0.25) is 9.39 Å². The second-order valence-electron chi connectivity index (χ2n) is 5.47. The van der Waals surface area contributed by atoms with Gasteiger partial charge in [-0.15, -0.1) is 0 Å². The van der Waals surface area contributed by atoms with Crippen LogP contribution in [0, 0.1) is 11.3 Å². The summed E-state index contributed by atoms with van der Waals surface area (Å²) in [5.41, 5.74) is 2.34. The molecule has 0 unspecified atom stereocenters. The van der Waals surface area contributed by atoms with Gasteiger partial charge in [-0.25, -0.2) is 4.98 Å². The maximum Gasteiger partial charge on any atom is 0.416 e. The molecule has 0 bridgehead atoms. The van der Waals surface area contributed by atoms with Crippen molar-refractivity contribution in [3.8, 4) is 17.3 Å². The molecule has 0 fully saturated rings. The molecule has 0 N–H and O–H groups in total. The predicted molar refractivity (Wildman–Crippen MR) is 81.6 cm³/mol. The van der Waals surface area contributed by atoms with Crippen molar-refractivity contribution in [1.82, 2.24) is 9.38 Å². The summed E-state index contributed by atoms with van der Waals surface area (Å²) in [5, 5.41) is 9.05. The molecule has 1 aromatic carbocycles. The van der Waals surface area contributed by atoms with Gasteiger partial charge in [0.25, 0.3) is 0 Å². The summed E-state index contributed by atoms with van der Waals surface area (Å²) in [6.45, 7) is 0.229. The minimum Gasteiger partial charge on any atom is -0.298 e. The van der Waals surface area contributed by atoms with Crippen LogP contribution in [0.5, 0.6) is 0 Å². The van der Waals surface area contributed by atoms with Gasteiger partial charge in [0.1, 0.15) is 11.7 Å². The van der Waals surface area contributed by atoms with E-state index in [1.54, 1.807) is 28.9 Å². The number of fused-ring (bicyclic) bond motifs is 2. The van der Waals surface area contributed by atoms with Gasteiger partial charge < -0.3 is 0 Å². The SMILES string of the molecule is N#Cc1ccc2ncc(-c3cc(C(F)(F)F)cc4c3C=NC4)n2c1. The molecule has 7 heteroatoms. The van der Waals surface area contributed by atoms with Gasteiger partial charge in [0.15, 0.2) is 0 Å². The van der Waals surface area contributed by atoms with E-state index < -0.39 is 11.7 Å². The van der Waals surface area contributed by atoms with E-state index in [0.29, 0.717) is 33.6 Å². The van der Waals surface area contributed by atoms with Crippen molar-refractivity contribution in [1.29, 1.82) is 5.26 Å². The van der Waals surface area contributed by atoms with Gasteiger partial charge >= 0.3 is 6.18 Å². The molecule has 1 aliphatic rings. The lowest BCUT2D eigenvalue weighted by atomic mass is 9.97. The van der Waals surface area contributed by atoms with Crippen molar-refractivity contribution in [2.75, 3.05) is 0 Å². The molecule has 0 spiro atoms. The van der Waals surface area contributed by atoms with Gasteiger partial charge in [0.2, 0.25) is 0 Å². The Hall–Kier alpha value is -3.14. The standard InChI is InChI=1S/C17H9F3N4/c18-17(19,20)12-3-11-6-22-7-14(11)13(4-12)15-8-23-16-2-1-10(5-21)9-24(15)16/h1-4,7-9H,6H2. The normalized spacial score (nSPS) is 13.2. The summed E-state index contributed by atoms with van der Waals surface area (Å²) in [6.07, 6.45) is 0.220. The van der Waals surface area contributed by atoms with Crippen LogP contribution in [-0.2, 0) is 12.7 Å². The monoisotopic (exact) mass is 326 g/mol. The Bertz CT molecular complexity index is 1040. The molecule has 1 aliphatic heterocycles. The number of aromatic nitrogens is 2. The molecule has 118 valence electrons. The van der Waals surface area contributed by atoms with E-state index in [1.165, 1.54) is 6.20 Å². The van der Waals surface area contributed by atoms with Crippen molar-refractivity contribution < 1.29 is 13.2 Å². The molecule has 4 nitrogen and oxygen atoms in total. The molecule has 3 aromatic rings. The van der Waals surface area contributed by atoms with E-state index in [1.807, 2.05) is 6.07 Å². The molecule has 4 rings (SSSR count). The first-order valence-corrected chi connectivity index (χ1v) is 7.09. The number of aliphatic imine (C=N–C) groups is 1. The van der Waals surface area contributed by atoms with Crippen molar-refractivity contribution in [2.45, 2.75) is 12.7 Å². The molecule has 0 saturated carbocycles. The summed E-state index contributed by atoms with van der Waals surface area (Å²) < 4.78 is 41.2. The number of rotatable bonds is 1. The molecular formula is C17H9F3N4. The molecule has 0 atom stereocenters. The molecule has 0 radical (unpaired) electrons. The van der Waals surface area contributed by atoms with E-state index in [4.69, 9.17) is 5.26 Å². The third-order valence-electron chi connectivity index (χ3n) is 3.99. The third kappa shape index (κ3) is 2.15. The van der Waals surface area contributed by atoms with Crippen LogP contribution in [0.2, 0.25) is 0 Å². The Kier molecular flexibility index (Phi) is 2.97. The minimum absolute atomic E-state index is 0.229. The van der Waals surface area contributed by atoms with Crippen LogP contribution in [0.3, 0.4) is 0 Å². The highest BCUT2D eigenvalue weighted by Crippen LogP contribution is 2.37. The number of pyridine rings is 1. The van der Waals surface area contributed by atoms with Gasteiger partial charge in [-0.1, -0.05) is 0 Å². The van der Waals surface area contributed by atoms with Crippen molar-refractivity contribution in [3.63, 3.8) is 0 Å². The second kappa shape index (κ2) is 4.93. The third-order valence-corrected chi connectivity index (χ3v) is 3.99. The smallest absolute Gasteiger partial charge is 0.298 e.